The molecule has 0 spiro atoms. The number of aliphatic carboxylic acids is 2. The van der Waals surface area contributed by atoms with Crippen molar-refractivity contribution in [1.82, 2.24) is 15.2 Å². The van der Waals surface area contributed by atoms with Crippen molar-refractivity contribution in [3.8, 4) is 0 Å². The van der Waals surface area contributed by atoms with Gasteiger partial charge in [-0.15, -0.1) is 23.1 Å². The number of amides is 2. The normalized spacial score (nSPS) is 24.7. The second-order valence-electron chi connectivity index (χ2n) is 9.53. The van der Waals surface area contributed by atoms with Gasteiger partial charge in [0.2, 0.25) is 5.60 Å². The van der Waals surface area contributed by atoms with E-state index in [2.05, 4.69) is 15.5 Å². The number of anilines is 1. The van der Waals surface area contributed by atoms with Crippen LogP contribution in [0.1, 0.15) is 19.5 Å². The number of fused-ring (bicyclic) bond motifs is 1. The van der Waals surface area contributed by atoms with E-state index in [-0.39, 0.29) is 28.0 Å². The average molecular weight is 612 g/mol. The number of aromatic nitrogens is 1. The molecule has 2 unspecified atom stereocenters. The van der Waals surface area contributed by atoms with Gasteiger partial charge in [0.05, 0.1) is 29.8 Å². The number of rotatable bonds is 10. The number of nitrogens with one attached hydrogen (secondary N) is 2. The summed E-state index contributed by atoms with van der Waals surface area (Å²) in [7, 11) is 0.279. The van der Waals surface area contributed by atoms with Crippen LogP contribution in [0.2, 0.25) is 0 Å². The van der Waals surface area contributed by atoms with Crippen LogP contribution < -0.4 is 16.0 Å². The highest BCUT2D eigenvalue weighted by molar-refractivity contribution is 8.03. The molecule has 40 heavy (non-hydrogen) atoms. The maximum absolute atomic E-state index is 13.2. The molecule has 0 aliphatic carbocycles. The zero-order valence-corrected chi connectivity index (χ0v) is 24.0. The number of likely N-dealkylation sites (N-methyl/N-ethyl adjacent to an activating group) is 1. The first kappa shape index (κ1) is 29.4. The summed E-state index contributed by atoms with van der Waals surface area (Å²) in [6.07, 6.45) is 5.91. The van der Waals surface area contributed by atoms with Gasteiger partial charge in [-0.25, -0.2) is 14.6 Å². The summed E-state index contributed by atoms with van der Waals surface area (Å²) in [6.45, 7) is 3.22. The molecule has 2 amide bonds. The summed E-state index contributed by atoms with van der Waals surface area (Å²) in [5.41, 5.74) is 3.49. The predicted octanol–water partition coefficient (Wildman–Crippen LogP) is -1.28. The number of carbonyl (C=O) groups excluding carboxylic acids is 2. The Morgan fingerprint density at radius 3 is 2.70 bits per heavy atom. The van der Waals surface area contributed by atoms with Crippen molar-refractivity contribution in [1.29, 1.82) is 0 Å². The predicted molar refractivity (Wildman–Crippen MR) is 148 cm³/mol. The molecule has 1 aromatic rings. The number of carbonyl (C=O) groups is 4. The summed E-state index contributed by atoms with van der Waals surface area (Å²) in [4.78, 5) is 62.0. The lowest BCUT2D eigenvalue weighted by molar-refractivity contribution is -0.818. The fraction of sp³-hybridized carbons (Fsp3) is 0.391. The van der Waals surface area contributed by atoms with Crippen molar-refractivity contribution in [3.63, 3.8) is 0 Å². The van der Waals surface area contributed by atoms with Gasteiger partial charge in [-0.2, -0.15) is 0 Å². The third-order valence-electron chi connectivity index (χ3n) is 6.12. The number of β-lactam (4-membered cyclic amide) rings is 1. The van der Waals surface area contributed by atoms with Crippen LogP contribution in [-0.4, -0.2) is 95.9 Å². The zero-order chi connectivity index (χ0) is 29.4. The summed E-state index contributed by atoms with van der Waals surface area (Å²) in [5, 5.41) is 25.7. The maximum atomic E-state index is 13.2. The SMILES string of the molecule is C[NH+]1C=CC(SCC2=C(C(=O)O)N3C(=O)[C@@H](NC(=O)/C(=N\OC(C)(C)C(=O)O)c4csc(N)n4)[C@H]3S(=O)C2)=CC1. The van der Waals surface area contributed by atoms with Gasteiger partial charge in [-0.1, -0.05) is 5.16 Å². The molecular weight excluding hydrogens is 584 g/mol. The van der Waals surface area contributed by atoms with Gasteiger partial charge in [-0.05, 0) is 25.5 Å². The molecule has 14 nitrogen and oxygen atoms in total. The molecule has 3 aliphatic heterocycles. The van der Waals surface area contributed by atoms with Crippen molar-refractivity contribution in [2.75, 3.05) is 30.8 Å². The van der Waals surface area contributed by atoms with Crippen LogP contribution in [0.25, 0.3) is 0 Å². The Kier molecular flexibility index (Phi) is 8.48. The number of nitrogen functional groups attached to an aromatic ring is 1. The number of thioether (sulfide) groups is 1. The van der Waals surface area contributed by atoms with Crippen LogP contribution >= 0.6 is 23.1 Å². The Balaban J connectivity index is 1.54. The van der Waals surface area contributed by atoms with E-state index in [9.17, 15) is 33.6 Å². The minimum Gasteiger partial charge on any atom is -0.478 e. The third kappa shape index (κ3) is 5.96. The molecule has 0 saturated carbocycles. The Morgan fingerprint density at radius 2 is 2.12 bits per heavy atom. The number of quaternary nitrogens is 1. The number of nitrogens with zero attached hydrogens (tertiary/aromatic N) is 3. The molecule has 214 valence electrons. The number of hydrogen-bond acceptors (Lipinski definition) is 11. The number of hydrogen-bond donors (Lipinski definition) is 5. The summed E-state index contributed by atoms with van der Waals surface area (Å²) in [6, 6.07) is -1.31. The van der Waals surface area contributed by atoms with Gasteiger partial charge in [0.1, 0.15) is 29.4 Å². The molecule has 4 heterocycles. The Bertz CT molecular complexity index is 1410. The van der Waals surface area contributed by atoms with Gasteiger partial charge in [0, 0.05) is 22.1 Å². The Morgan fingerprint density at radius 1 is 1.40 bits per heavy atom. The summed E-state index contributed by atoms with van der Waals surface area (Å²) in [5.74, 6) is -4.25. The lowest BCUT2D eigenvalue weighted by Crippen LogP contribution is -3.04. The van der Waals surface area contributed by atoms with Gasteiger partial charge < -0.3 is 31.0 Å². The van der Waals surface area contributed by atoms with Gasteiger partial charge >= 0.3 is 11.9 Å². The number of oxime groups is 1. The van der Waals surface area contributed by atoms with Gasteiger partial charge in [0.15, 0.2) is 10.8 Å². The Hall–Kier alpha value is -3.54. The van der Waals surface area contributed by atoms with Crippen LogP contribution in [0.5, 0.6) is 0 Å². The van der Waals surface area contributed by atoms with Crippen molar-refractivity contribution in [2.24, 2.45) is 5.16 Å². The number of thiazole rings is 1. The molecular formula is C23H27N6O8S3+. The minimum atomic E-state index is -1.79. The van der Waals surface area contributed by atoms with Crippen LogP contribution in [0.15, 0.2) is 45.1 Å². The van der Waals surface area contributed by atoms with Crippen molar-refractivity contribution in [2.45, 2.75) is 30.9 Å². The zero-order valence-electron chi connectivity index (χ0n) is 21.6. The van der Waals surface area contributed by atoms with E-state index in [1.165, 1.54) is 35.9 Å². The molecule has 4 rings (SSSR count). The van der Waals surface area contributed by atoms with Gasteiger partial charge in [-0.3, -0.25) is 18.7 Å². The van der Waals surface area contributed by atoms with Crippen LogP contribution in [0, 0.1) is 0 Å². The molecule has 1 aromatic heterocycles. The molecule has 0 bridgehead atoms. The highest BCUT2D eigenvalue weighted by Gasteiger charge is 2.57. The lowest BCUT2D eigenvalue weighted by Gasteiger charge is -2.49. The fourth-order valence-electron chi connectivity index (χ4n) is 3.87. The van der Waals surface area contributed by atoms with Gasteiger partial charge in [0.25, 0.3) is 11.8 Å². The van der Waals surface area contributed by atoms with E-state index in [1.807, 2.05) is 25.4 Å². The number of carboxylic acid groups (broad SMARTS) is 2. The number of carboxylic acids is 2. The van der Waals surface area contributed by atoms with Crippen LogP contribution in [-0.2, 0) is 34.8 Å². The molecule has 1 fully saturated rings. The standard InChI is InChI=1S/C23H26N6O8S3/c1-23(2,21(34)35)37-27-14(13-9-39-22(24)25-13)17(30)26-15-18(31)29-16(20(32)33)11(10-40(36)19(15)29)8-38-12-4-6-28(3)7-5-12/h4-6,9,15,19H,7-8,10H2,1-3H3,(H2,24,25)(H,26,30)(H,32,33)(H,34,35)/p+1/b27-14-/t15-,19-,40?/m1/s1. The molecule has 0 radical (unpaired) electrons. The topological polar surface area (TPSA) is 206 Å². The van der Waals surface area contributed by atoms with Crippen LogP contribution in [0.3, 0.4) is 0 Å². The molecule has 0 aromatic carbocycles. The summed E-state index contributed by atoms with van der Waals surface area (Å²) >= 11 is 2.39. The van der Waals surface area contributed by atoms with Crippen molar-refractivity contribution in [3.05, 3.63) is 45.6 Å². The Labute approximate surface area is 239 Å². The highest BCUT2D eigenvalue weighted by Crippen LogP contribution is 2.37. The average Bonchev–Trinajstić information content (AvgIpc) is 3.31. The quantitative estimate of drug-likeness (QED) is 0.120. The van der Waals surface area contributed by atoms with E-state index in [0.717, 1.165) is 27.7 Å². The lowest BCUT2D eigenvalue weighted by atomic mass is 10.0. The largest absolute Gasteiger partial charge is 0.478 e. The molecule has 17 heteroatoms. The van der Waals surface area contributed by atoms with E-state index in [0.29, 0.717) is 5.57 Å². The van der Waals surface area contributed by atoms with E-state index in [1.54, 1.807) is 0 Å². The van der Waals surface area contributed by atoms with Crippen molar-refractivity contribution < 1.29 is 43.3 Å². The van der Waals surface area contributed by atoms with E-state index in [4.69, 9.17) is 10.6 Å². The second-order valence-corrected chi connectivity index (χ2v) is 13.0. The maximum Gasteiger partial charge on any atom is 0.352 e. The van der Waals surface area contributed by atoms with E-state index >= 15 is 0 Å². The highest BCUT2D eigenvalue weighted by atomic mass is 32.2. The monoisotopic (exact) mass is 611 g/mol. The second kappa shape index (κ2) is 11.5. The molecule has 1 saturated heterocycles. The smallest absolute Gasteiger partial charge is 0.352 e. The molecule has 3 aliphatic rings. The number of allylic oxidation sites excluding steroid dienone is 1. The summed E-state index contributed by atoms with van der Waals surface area (Å²) < 4.78 is 13.2. The molecule has 6 N–H and O–H groups in total. The first-order chi connectivity index (χ1) is 18.8. The number of nitrogens with two attached hydrogens (primary N) is 1. The third-order valence-corrected chi connectivity index (χ3v) is 9.58. The minimum absolute atomic E-state index is 0.0288. The first-order valence-electron chi connectivity index (χ1n) is 11.8. The first-order valence-corrected chi connectivity index (χ1v) is 15.1. The van der Waals surface area contributed by atoms with Crippen LogP contribution in [0.4, 0.5) is 5.13 Å². The van der Waals surface area contributed by atoms with E-state index < -0.39 is 57.3 Å². The fourth-order valence-corrected chi connectivity index (χ4v) is 7.18. The van der Waals surface area contributed by atoms with Crippen molar-refractivity contribution >= 4 is 68.5 Å². The molecule has 4 atom stereocenters.